The highest BCUT2D eigenvalue weighted by Gasteiger charge is 2.16. The van der Waals surface area contributed by atoms with Crippen LogP contribution in [0.4, 0.5) is 5.13 Å². The number of anilines is 1. The summed E-state index contributed by atoms with van der Waals surface area (Å²) in [6, 6.07) is 7.52. The van der Waals surface area contributed by atoms with Crippen LogP contribution in [0.5, 0.6) is 0 Å². The fourth-order valence-electron chi connectivity index (χ4n) is 2.66. The van der Waals surface area contributed by atoms with Crippen LogP contribution in [-0.4, -0.2) is 36.8 Å². The van der Waals surface area contributed by atoms with E-state index in [-0.39, 0.29) is 12.0 Å². The molecule has 0 bridgehead atoms. The van der Waals surface area contributed by atoms with E-state index in [1.165, 1.54) is 11.3 Å². The maximum absolute atomic E-state index is 12.0. The molecule has 1 aliphatic heterocycles. The average molecular weight is 381 g/mol. The fourth-order valence-corrected chi connectivity index (χ4v) is 3.64. The van der Waals surface area contributed by atoms with Crippen LogP contribution in [0, 0.1) is 6.92 Å². The number of amides is 1. The lowest BCUT2D eigenvalue weighted by molar-refractivity contribution is -0.117. The minimum Gasteiger partial charge on any atom is -0.378 e. The molecule has 5 nitrogen and oxygen atoms in total. The molecule has 0 saturated carbocycles. The Hall–Kier alpha value is -1.47. The van der Waals surface area contributed by atoms with Gasteiger partial charge in [0.2, 0.25) is 5.91 Å². The number of rotatable bonds is 7. The number of carbonyl (C=O) groups is 1. The molecule has 0 radical (unpaired) electrons. The van der Waals surface area contributed by atoms with Crippen LogP contribution in [-0.2, 0) is 14.3 Å². The fraction of sp³-hybridized carbons (Fsp3) is 0.444. The lowest BCUT2D eigenvalue weighted by Gasteiger charge is -2.09. The summed E-state index contributed by atoms with van der Waals surface area (Å²) in [4.78, 5) is 17.6. The normalized spacial score (nSPS) is 17.0. The first-order chi connectivity index (χ1) is 12.1. The van der Waals surface area contributed by atoms with Crippen LogP contribution >= 0.6 is 22.9 Å². The molecule has 1 fully saturated rings. The summed E-state index contributed by atoms with van der Waals surface area (Å²) < 4.78 is 11.0. The molecule has 1 aromatic heterocycles. The number of nitrogens with one attached hydrogen (secondary N) is 1. The highest BCUT2D eigenvalue weighted by molar-refractivity contribution is 7.16. The van der Waals surface area contributed by atoms with Crippen LogP contribution in [0.25, 0.3) is 11.3 Å². The number of hydrogen-bond donors (Lipinski definition) is 1. The van der Waals surface area contributed by atoms with E-state index in [4.69, 9.17) is 21.1 Å². The van der Waals surface area contributed by atoms with E-state index >= 15 is 0 Å². The van der Waals surface area contributed by atoms with E-state index in [0.29, 0.717) is 29.8 Å². The molecular formula is C18H21ClN2O3S. The molecule has 3 rings (SSSR count). The van der Waals surface area contributed by atoms with E-state index in [0.717, 1.165) is 35.6 Å². The van der Waals surface area contributed by atoms with Gasteiger partial charge in [-0.2, -0.15) is 0 Å². The van der Waals surface area contributed by atoms with E-state index in [9.17, 15) is 4.79 Å². The van der Waals surface area contributed by atoms with Crippen molar-refractivity contribution in [2.75, 3.05) is 25.1 Å². The van der Waals surface area contributed by atoms with Crippen LogP contribution in [0.15, 0.2) is 24.3 Å². The van der Waals surface area contributed by atoms with Crippen molar-refractivity contribution in [2.45, 2.75) is 32.3 Å². The molecule has 134 valence electrons. The van der Waals surface area contributed by atoms with Gasteiger partial charge in [0.15, 0.2) is 5.13 Å². The molecule has 2 aromatic rings. The molecule has 1 atom stereocenters. The quantitative estimate of drug-likeness (QED) is 0.727. The van der Waals surface area contributed by atoms with Crippen molar-refractivity contribution in [3.8, 4) is 11.3 Å². The minimum atomic E-state index is -0.0938. The molecule has 1 amide bonds. The molecule has 2 heterocycles. The van der Waals surface area contributed by atoms with E-state index in [1.807, 2.05) is 31.2 Å². The van der Waals surface area contributed by atoms with E-state index < -0.39 is 0 Å². The largest absolute Gasteiger partial charge is 0.378 e. The predicted molar refractivity (Wildman–Crippen MR) is 100 cm³/mol. The van der Waals surface area contributed by atoms with Gasteiger partial charge in [-0.15, -0.1) is 11.3 Å². The number of carbonyl (C=O) groups excluding carboxylic acids is 1. The van der Waals surface area contributed by atoms with Gasteiger partial charge in [0, 0.05) is 22.1 Å². The summed E-state index contributed by atoms with van der Waals surface area (Å²) >= 11 is 7.38. The van der Waals surface area contributed by atoms with Gasteiger partial charge < -0.3 is 14.8 Å². The molecule has 1 aliphatic rings. The van der Waals surface area contributed by atoms with E-state index in [2.05, 4.69) is 10.3 Å². The summed E-state index contributed by atoms with van der Waals surface area (Å²) in [7, 11) is 0. The Bertz CT molecular complexity index is 712. The molecule has 0 spiro atoms. The molecule has 25 heavy (non-hydrogen) atoms. The summed E-state index contributed by atoms with van der Waals surface area (Å²) in [5, 5.41) is 4.14. The van der Waals surface area contributed by atoms with Gasteiger partial charge in [-0.05, 0) is 31.9 Å². The second kappa shape index (κ2) is 8.76. The maximum Gasteiger partial charge on any atom is 0.228 e. The Morgan fingerprint density at radius 1 is 1.44 bits per heavy atom. The van der Waals surface area contributed by atoms with Gasteiger partial charge in [-0.3, -0.25) is 4.79 Å². The molecule has 1 unspecified atom stereocenters. The van der Waals surface area contributed by atoms with Crippen molar-refractivity contribution in [1.82, 2.24) is 4.98 Å². The second-order valence-electron chi connectivity index (χ2n) is 5.94. The number of benzene rings is 1. The summed E-state index contributed by atoms with van der Waals surface area (Å²) in [5.74, 6) is -0.0938. The smallest absolute Gasteiger partial charge is 0.228 e. The summed E-state index contributed by atoms with van der Waals surface area (Å²) in [5.41, 5.74) is 1.85. The third-order valence-corrected chi connectivity index (χ3v) is 5.10. The predicted octanol–water partition coefficient (Wildman–Crippen LogP) is 4.30. The number of hydrogen-bond acceptors (Lipinski definition) is 5. The van der Waals surface area contributed by atoms with Gasteiger partial charge in [-0.25, -0.2) is 4.98 Å². The first-order valence-corrected chi connectivity index (χ1v) is 9.54. The number of aromatic nitrogens is 1. The first-order valence-electron chi connectivity index (χ1n) is 8.34. The second-order valence-corrected chi connectivity index (χ2v) is 7.58. The topological polar surface area (TPSA) is 60.5 Å². The Labute approximate surface area is 156 Å². The Kier molecular flexibility index (Phi) is 6.42. The molecular weight excluding hydrogens is 360 g/mol. The van der Waals surface area contributed by atoms with Gasteiger partial charge >= 0.3 is 0 Å². The number of aryl methyl sites for hydroxylation is 1. The zero-order chi connectivity index (χ0) is 17.6. The van der Waals surface area contributed by atoms with Crippen molar-refractivity contribution >= 4 is 34.0 Å². The Morgan fingerprint density at radius 2 is 2.24 bits per heavy atom. The van der Waals surface area contributed by atoms with E-state index in [1.54, 1.807) is 0 Å². The van der Waals surface area contributed by atoms with Gasteiger partial charge in [-0.1, -0.05) is 23.7 Å². The van der Waals surface area contributed by atoms with Crippen molar-refractivity contribution in [2.24, 2.45) is 0 Å². The molecule has 1 saturated heterocycles. The van der Waals surface area contributed by atoms with Crippen molar-refractivity contribution in [3.05, 3.63) is 34.2 Å². The molecule has 1 aromatic carbocycles. The van der Waals surface area contributed by atoms with Crippen LogP contribution < -0.4 is 5.32 Å². The number of halogens is 1. The van der Waals surface area contributed by atoms with Crippen molar-refractivity contribution in [1.29, 1.82) is 0 Å². The van der Waals surface area contributed by atoms with Crippen LogP contribution in [0.2, 0.25) is 5.02 Å². The standard InChI is InChI=1S/C18H21ClN2O3S/c1-12-17(13-4-6-14(19)7-5-13)21-18(25-12)20-16(22)8-10-23-11-15-3-2-9-24-15/h4-7,15H,2-3,8-11H2,1H3,(H,20,21,22). The summed E-state index contributed by atoms with van der Waals surface area (Å²) in [6.07, 6.45) is 2.62. The van der Waals surface area contributed by atoms with Gasteiger partial charge in [0.25, 0.3) is 0 Å². The van der Waals surface area contributed by atoms with Gasteiger partial charge in [0.05, 0.1) is 31.4 Å². The van der Waals surface area contributed by atoms with Crippen molar-refractivity contribution < 1.29 is 14.3 Å². The van der Waals surface area contributed by atoms with Crippen LogP contribution in [0.1, 0.15) is 24.1 Å². The molecule has 0 aliphatic carbocycles. The lowest BCUT2D eigenvalue weighted by atomic mass is 10.1. The minimum absolute atomic E-state index is 0.0938. The Balaban J connectivity index is 1.48. The highest BCUT2D eigenvalue weighted by Crippen LogP contribution is 2.31. The monoisotopic (exact) mass is 380 g/mol. The Morgan fingerprint density at radius 3 is 2.96 bits per heavy atom. The lowest BCUT2D eigenvalue weighted by Crippen LogP contribution is -2.18. The van der Waals surface area contributed by atoms with Crippen molar-refractivity contribution in [3.63, 3.8) is 0 Å². The average Bonchev–Trinajstić information content (AvgIpc) is 3.22. The zero-order valence-electron chi connectivity index (χ0n) is 14.1. The maximum atomic E-state index is 12.0. The SMILES string of the molecule is Cc1sc(NC(=O)CCOCC2CCCO2)nc1-c1ccc(Cl)cc1. The third kappa shape index (κ3) is 5.25. The third-order valence-electron chi connectivity index (χ3n) is 3.96. The number of ether oxygens (including phenoxy) is 2. The highest BCUT2D eigenvalue weighted by atomic mass is 35.5. The molecule has 7 heteroatoms. The summed E-state index contributed by atoms with van der Waals surface area (Å²) in [6.45, 7) is 3.75. The van der Waals surface area contributed by atoms with Gasteiger partial charge in [0.1, 0.15) is 0 Å². The zero-order valence-corrected chi connectivity index (χ0v) is 15.7. The molecule has 1 N–H and O–H groups in total. The van der Waals surface area contributed by atoms with Crippen LogP contribution in [0.3, 0.4) is 0 Å². The number of thiazole rings is 1. The number of nitrogens with zero attached hydrogens (tertiary/aromatic N) is 1. The first kappa shape index (κ1) is 18.3.